The van der Waals surface area contributed by atoms with Gasteiger partial charge in [0.15, 0.2) is 11.0 Å². The first-order chi connectivity index (χ1) is 11.9. The van der Waals surface area contributed by atoms with Gasteiger partial charge in [-0.25, -0.2) is 0 Å². The molecule has 1 amide bonds. The van der Waals surface area contributed by atoms with Gasteiger partial charge < -0.3 is 9.88 Å². The highest BCUT2D eigenvalue weighted by Crippen LogP contribution is 2.24. The number of thioether (sulfide) groups is 1. The fourth-order valence-electron chi connectivity index (χ4n) is 2.33. The van der Waals surface area contributed by atoms with Crippen LogP contribution in [0.1, 0.15) is 5.69 Å². The van der Waals surface area contributed by atoms with Crippen molar-refractivity contribution in [2.75, 3.05) is 11.1 Å². The van der Waals surface area contributed by atoms with Crippen molar-refractivity contribution in [1.29, 1.82) is 0 Å². The fraction of sp³-hybridized carbons (Fsp3) is 0.250. The lowest BCUT2D eigenvalue weighted by atomic mass is 10.2. The Hall–Kier alpha value is -2.32. The summed E-state index contributed by atoms with van der Waals surface area (Å²) in [5.41, 5.74) is 1.77. The van der Waals surface area contributed by atoms with Gasteiger partial charge in [-0.1, -0.05) is 23.4 Å². The standard InChI is InChI=1S/C16H17ClN6OS/c1-10-8-13(23(3)21-10)18-14(24)9-25-16-20-19-15(22(16)2)11-4-6-12(17)7-5-11/h4-8H,9H2,1-3H3,(H,18,24). The minimum absolute atomic E-state index is 0.121. The number of carbonyl (C=O) groups is 1. The molecule has 0 bridgehead atoms. The highest BCUT2D eigenvalue weighted by atomic mass is 35.5. The first-order valence-electron chi connectivity index (χ1n) is 7.52. The van der Waals surface area contributed by atoms with Crippen molar-refractivity contribution in [2.45, 2.75) is 12.1 Å². The molecule has 130 valence electrons. The van der Waals surface area contributed by atoms with Gasteiger partial charge in [0.25, 0.3) is 0 Å². The van der Waals surface area contributed by atoms with Crippen LogP contribution in [0.2, 0.25) is 5.02 Å². The van der Waals surface area contributed by atoms with Crippen molar-refractivity contribution in [3.63, 3.8) is 0 Å². The second-order valence-corrected chi connectivity index (χ2v) is 6.88. The van der Waals surface area contributed by atoms with E-state index in [2.05, 4.69) is 20.6 Å². The summed E-state index contributed by atoms with van der Waals surface area (Å²) in [6, 6.07) is 9.21. The molecule has 0 radical (unpaired) electrons. The van der Waals surface area contributed by atoms with Crippen molar-refractivity contribution in [1.82, 2.24) is 24.5 Å². The van der Waals surface area contributed by atoms with Crippen LogP contribution in [0.5, 0.6) is 0 Å². The Morgan fingerprint density at radius 2 is 1.96 bits per heavy atom. The molecule has 0 spiro atoms. The lowest BCUT2D eigenvalue weighted by Crippen LogP contribution is -2.16. The van der Waals surface area contributed by atoms with E-state index < -0.39 is 0 Å². The molecule has 3 rings (SSSR count). The van der Waals surface area contributed by atoms with Gasteiger partial charge in [0.05, 0.1) is 11.4 Å². The van der Waals surface area contributed by atoms with Gasteiger partial charge in [0.2, 0.25) is 5.91 Å². The van der Waals surface area contributed by atoms with E-state index in [4.69, 9.17) is 11.6 Å². The van der Waals surface area contributed by atoms with Crippen LogP contribution in [0, 0.1) is 6.92 Å². The monoisotopic (exact) mass is 376 g/mol. The summed E-state index contributed by atoms with van der Waals surface area (Å²) in [5.74, 6) is 1.50. The highest BCUT2D eigenvalue weighted by molar-refractivity contribution is 7.99. The van der Waals surface area contributed by atoms with Crippen LogP contribution in [0.4, 0.5) is 5.82 Å². The van der Waals surface area contributed by atoms with Crippen molar-refractivity contribution in [3.05, 3.63) is 41.0 Å². The lowest BCUT2D eigenvalue weighted by molar-refractivity contribution is -0.113. The van der Waals surface area contributed by atoms with E-state index in [0.717, 1.165) is 17.1 Å². The molecule has 3 aromatic rings. The molecular weight excluding hydrogens is 360 g/mol. The molecule has 2 heterocycles. The van der Waals surface area contributed by atoms with Gasteiger partial charge in [-0.15, -0.1) is 10.2 Å². The molecule has 1 N–H and O–H groups in total. The number of carbonyl (C=O) groups excluding carboxylic acids is 1. The van der Waals surface area contributed by atoms with Gasteiger partial charge >= 0.3 is 0 Å². The lowest BCUT2D eigenvalue weighted by Gasteiger charge is -2.06. The van der Waals surface area contributed by atoms with Gasteiger partial charge in [-0.05, 0) is 31.2 Å². The van der Waals surface area contributed by atoms with Crippen molar-refractivity contribution >= 4 is 35.1 Å². The second kappa shape index (κ2) is 7.28. The maximum Gasteiger partial charge on any atom is 0.235 e. The smallest absolute Gasteiger partial charge is 0.235 e. The average Bonchev–Trinajstić information content (AvgIpc) is 3.08. The zero-order valence-electron chi connectivity index (χ0n) is 14.0. The van der Waals surface area contributed by atoms with E-state index in [1.165, 1.54) is 11.8 Å². The molecule has 0 saturated carbocycles. The Balaban J connectivity index is 1.65. The maximum atomic E-state index is 12.1. The molecule has 0 atom stereocenters. The molecule has 0 aliphatic heterocycles. The highest BCUT2D eigenvalue weighted by Gasteiger charge is 2.14. The Kier molecular flexibility index (Phi) is 5.10. The number of aromatic nitrogens is 5. The van der Waals surface area contributed by atoms with Crippen LogP contribution in [-0.2, 0) is 18.9 Å². The number of halogens is 1. The minimum atomic E-state index is -0.121. The van der Waals surface area contributed by atoms with E-state index in [1.807, 2.05) is 48.9 Å². The maximum absolute atomic E-state index is 12.1. The zero-order valence-corrected chi connectivity index (χ0v) is 15.6. The molecule has 7 nitrogen and oxygen atoms in total. The summed E-state index contributed by atoms with van der Waals surface area (Å²) >= 11 is 7.24. The summed E-state index contributed by atoms with van der Waals surface area (Å²) in [4.78, 5) is 12.1. The fourth-order valence-corrected chi connectivity index (χ4v) is 3.16. The van der Waals surface area contributed by atoms with Crippen LogP contribution in [0.3, 0.4) is 0 Å². The number of benzene rings is 1. The van der Waals surface area contributed by atoms with Crippen molar-refractivity contribution in [2.24, 2.45) is 14.1 Å². The average molecular weight is 377 g/mol. The second-order valence-electron chi connectivity index (χ2n) is 5.50. The largest absolute Gasteiger partial charge is 0.310 e. The molecule has 25 heavy (non-hydrogen) atoms. The van der Waals surface area contributed by atoms with Gasteiger partial charge in [-0.2, -0.15) is 5.10 Å². The summed E-state index contributed by atoms with van der Waals surface area (Å²) in [5, 5.41) is 16.7. The minimum Gasteiger partial charge on any atom is -0.310 e. The summed E-state index contributed by atoms with van der Waals surface area (Å²) < 4.78 is 3.49. The van der Waals surface area contributed by atoms with Gasteiger partial charge in [-0.3, -0.25) is 9.48 Å². The molecule has 1 aromatic carbocycles. The van der Waals surface area contributed by atoms with Crippen LogP contribution in [0.25, 0.3) is 11.4 Å². The molecule has 0 saturated heterocycles. The number of anilines is 1. The SMILES string of the molecule is Cc1cc(NC(=O)CSc2nnc(-c3ccc(Cl)cc3)n2C)n(C)n1. The van der Waals surface area contributed by atoms with Crippen LogP contribution in [-0.4, -0.2) is 36.2 Å². The number of aryl methyl sites for hydroxylation is 2. The van der Waals surface area contributed by atoms with Gasteiger partial charge in [0, 0.05) is 30.7 Å². The number of hydrogen-bond acceptors (Lipinski definition) is 5. The van der Waals surface area contributed by atoms with E-state index in [9.17, 15) is 4.79 Å². The van der Waals surface area contributed by atoms with Crippen LogP contribution < -0.4 is 5.32 Å². The number of amides is 1. The summed E-state index contributed by atoms with van der Waals surface area (Å²) in [7, 11) is 3.66. The van der Waals surface area contributed by atoms with Crippen molar-refractivity contribution < 1.29 is 4.79 Å². The Bertz CT molecular complexity index is 902. The third-order valence-corrected chi connectivity index (χ3v) is 4.81. The number of hydrogen-bond donors (Lipinski definition) is 1. The Morgan fingerprint density at radius 1 is 1.24 bits per heavy atom. The van der Waals surface area contributed by atoms with Crippen LogP contribution >= 0.6 is 23.4 Å². The normalized spacial score (nSPS) is 10.9. The zero-order chi connectivity index (χ0) is 18.0. The number of rotatable bonds is 5. The number of nitrogens with zero attached hydrogens (tertiary/aromatic N) is 5. The van der Waals surface area contributed by atoms with Gasteiger partial charge in [0.1, 0.15) is 5.82 Å². The molecule has 9 heteroatoms. The molecule has 2 aromatic heterocycles. The summed E-state index contributed by atoms with van der Waals surface area (Å²) in [6.45, 7) is 1.88. The third-order valence-electron chi connectivity index (χ3n) is 3.54. The number of nitrogens with one attached hydrogen (secondary N) is 1. The molecule has 0 aliphatic rings. The van der Waals surface area contributed by atoms with E-state index in [0.29, 0.717) is 16.0 Å². The van der Waals surface area contributed by atoms with E-state index in [-0.39, 0.29) is 11.7 Å². The first-order valence-corrected chi connectivity index (χ1v) is 8.89. The van der Waals surface area contributed by atoms with Crippen LogP contribution in [0.15, 0.2) is 35.5 Å². The first kappa shape index (κ1) is 17.5. The van der Waals surface area contributed by atoms with E-state index >= 15 is 0 Å². The molecule has 0 aliphatic carbocycles. The summed E-state index contributed by atoms with van der Waals surface area (Å²) in [6.07, 6.45) is 0. The molecule has 0 unspecified atom stereocenters. The van der Waals surface area contributed by atoms with E-state index in [1.54, 1.807) is 11.7 Å². The predicted molar refractivity (Wildman–Crippen MR) is 98.7 cm³/mol. The molecular formula is C16H17ClN6OS. The Morgan fingerprint density at radius 3 is 2.60 bits per heavy atom. The third kappa shape index (κ3) is 4.02. The van der Waals surface area contributed by atoms with Crippen molar-refractivity contribution in [3.8, 4) is 11.4 Å². The quantitative estimate of drug-likeness (QED) is 0.693. The molecule has 0 fully saturated rings. The predicted octanol–water partition coefficient (Wildman–Crippen LogP) is 2.91. The Labute approximate surface area is 154 Å². The topological polar surface area (TPSA) is 77.6 Å².